The van der Waals surface area contributed by atoms with Crippen LogP contribution in [0.25, 0.3) is 0 Å². The summed E-state index contributed by atoms with van der Waals surface area (Å²) < 4.78 is 5.20. The topological polar surface area (TPSA) is 75.1 Å². The van der Waals surface area contributed by atoms with Crippen LogP contribution in [0.15, 0.2) is 0 Å². The van der Waals surface area contributed by atoms with Gasteiger partial charge in [0.25, 0.3) is 0 Å². The Hall–Kier alpha value is 0.626. The zero-order chi connectivity index (χ0) is 9.97. The maximum atomic E-state index is 10.5. The first-order valence-corrected chi connectivity index (χ1v) is 5.21. The monoisotopic (exact) mass is 252 g/mol. The molecule has 7 heteroatoms. The van der Waals surface area contributed by atoms with E-state index in [1.54, 1.807) is 0 Å². The van der Waals surface area contributed by atoms with Gasteiger partial charge in [-0.25, -0.2) is 0 Å². The summed E-state index contributed by atoms with van der Waals surface area (Å²) in [5.41, 5.74) is 0. The van der Waals surface area contributed by atoms with Gasteiger partial charge in [-0.05, 0) is 12.8 Å². The molecule has 0 radical (unpaired) electrons. The Labute approximate surface area is 134 Å². The summed E-state index contributed by atoms with van der Waals surface area (Å²) in [6.45, 7) is 1.43. The van der Waals surface area contributed by atoms with Gasteiger partial charge in [-0.3, -0.25) is 0 Å². The molecule has 2 heterocycles. The van der Waals surface area contributed by atoms with Crippen molar-refractivity contribution in [1.29, 1.82) is 0 Å². The number of carbonyl (C=O) groups is 1. The van der Waals surface area contributed by atoms with Gasteiger partial charge in [0.2, 0.25) is 0 Å². The second-order valence-corrected chi connectivity index (χ2v) is 4.13. The van der Waals surface area contributed by atoms with Gasteiger partial charge in [0.05, 0.1) is 0 Å². The predicted molar refractivity (Wildman–Crippen MR) is 47.0 cm³/mol. The number of rotatable bonds is 2. The van der Waals surface area contributed by atoms with E-state index < -0.39 is 5.97 Å². The minimum Gasteiger partial charge on any atom is -0.542 e. The second kappa shape index (κ2) is 6.38. The molecular weight excluding hydrogens is 243 g/mol. The third-order valence-electron chi connectivity index (χ3n) is 2.19. The number of hydrogen-bond donors (Lipinski definition) is 0. The van der Waals surface area contributed by atoms with Gasteiger partial charge < -0.3 is 14.6 Å². The van der Waals surface area contributed by atoms with Crippen LogP contribution in [0.2, 0.25) is 0 Å². The van der Waals surface area contributed by atoms with Crippen molar-refractivity contribution in [2.75, 3.05) is 13.2 Å². The van der Waals surface area contributed by atoms with E-state index in [4.69, 9.17) is 4.74 Å². The summed E-state index contributed by atoms with van der Waals surface area (Å²) in [6, 6.07) is 0. The number of carboxylic acids is 1. The van der Waals surface area contributed by atoms with Gasteiger partial charge in [0.15, 0.2) is 5.01 Å². The molecule has 5 nitrogen and oxygen atoms in total. The molecule has 0 aliphatic carbocycles. The van der Waals surface area contributed by atoms with E-state index in [0.29, 0.717) is 19.1 Å². The van der Waals surface area contributed by atoms with E-state index in [9.17, 15) is 9.90 Å². The Balaban J connectivity index is 0.00000112. The number of aromatic nitrogens is 2. The quantitative estimate of drug-likeness (QED) is 0.518. The molecule has 0 bridgehead atoms. The van der Waals surface area contributed by atoms with Crippen molar-refractivity contribution in [3.05, 3.63) is 10.0 Å². The maximum absolute atomic E-state index is 10.5. The fraction of sp³-hybridized carbons (Fsp3) is 0.625. The van der Waals surface area contributed by atoms with Crippen LogP contribution in [0.1, 0.15) is 33.6 Å². The first-order chi connectivity index (χ1) is 6.77. The SMILES string of the molecule is O=C([O-])c1nnc(C2CCOCC2)s1.[K+]. The Morgan fingerprint density at radius 1 is 1.40 bits per heavy atom. The van der Waals surface area contributed by atoms with E-state index in [1.807, 2.05) is 0 Å². The molecule has 2 rings (SSSR count). The Bertz CT molecular complexity index is 338. The third-order valence-corrected chi connectivity index (χ3v) is 3.25. The summed E-state index contributed by atoms with van der Waals surface area (Å²) in [5.74, 6) is -0.949. The predicted octanol–water partition coefficient (Wildman–Crippen LogP) is -3.20. The second-order valence-electron chi connectivity index (χ2n) is 3.12. The molecule has 1 aromatic heterocycles. The fourth-order valence-electron chi connectivity index (χ4n) is 1.43. The number of nitrogens with zero attached hydrogens (tertiary/aromatic N) is 2. The molecule has 0 N–H and O–H groups in total. The molecule has 1 aliphatic rings. The zero-order valence-corrected chi connectivity index (χ0v) is 12.4. The van der Waals surface area contributed by atoms with Crippen LogP contribution in [0.4, 0.5) is 0 Å². The number of ether oxygens (including phenoxy) is 1. The molecular formula is C8H9KN2O3S. The van der Waals surface area contributed by atoms with Crippen LogP contribution in [0.5, 0.6) is 0 Å². The minimum atomic E-state index is -1.25. The first-order valence-electron chi connectivity index (χ1n) is 4.40. The van der Waals surface area contributed by atoms with Gasteiger partial charge >= 0.3 is 51.4 Å². The van der Waals surface area contributed by atoms with Crippen molar-refractivity contribution >= 4 is 17.3 Å². The molecule has 0 amide bonds. The minimum absolute atomic E-state index is 0. The van der Waals surface area contributed by atoms with Gasteiger partial charge in [-0.2, -0.15) is 0 Å². The molecule has 0 atom stereocenters. The summed E-state index contributed by atoms with van der Waals surface area (Å²) in [7, 11) is 0. The van der Waals surface area contributed by atoms with E-state index in [1.165, 1.54) is 0 Å². The van der Waals surface area contributed by atoms with E-state index in [-0.39, 0.29) is 56.4 Å². The summed E-state index contributed by atoms with van der Waals surface area (Å²) in [6.07, 6.45) is 1.78. The average molecular weight is 252 g/mol. The molecule has 1 fully saturated rings. The fourth-order valence-corrected chi connectivity index (χ4v) is 2.27. The van der Waals surface area contributed by atoms with E-state index >= 15 is 0 Å². The van der Waals surface area contributed by atoms with Crippen molar-refractivity contribution < 1.29 is 66.0 Å². The molecule has 0 aromatic carbocycles. The van der Waals surface area contributed by atoms with Crippen molar-refractivity contribution in [3.8, 4) is 0 Å². The number of carbonyl (C=O) groups excluding carboxylic acids is 1. The van der Waals surface area contributed by atoms with Crippen LogP contribution in [0.3, 0.4) is 0 Å². The van der Waals surface area contributed by atoms with Crippen LogP contribution in [-0.4, -0.2) is 29.4 Å². The van der Waals surface area contributed by atoms with Crippen LogP contribution < -0.4 is 56.5 Å². The van der Waals surface area contributed by atoms with Gasteiger partial charge in [-0.1, -0.05) is 11.3 Å². The Morgan fingerprint density at radius 3 is 2.60 bits per heavy atom. The number of hydrogen-bond acceptors (Lipinski definition) is 6. The van der Waals surface area contributed by atoms with Crippen molar-refractivity contribution in [3.63, 3.8) is 0 Å². The largest absolute Gasteiger partial charge is 1.00 e. The molecule has 1 aliphatic heterocycles. The summed E-state index contributed by atoms with van der Waals surface area (Å²) in [4.78, 5) is 10.5. The summed E-state index contributed by atoms with van der Waals surface area (Å²) >= 11 is 1.11. The Kier molecular flexibility index (Phi) is 5.83. The Morgan fingerprint density at radius 2 is 2.07 bits per heavy atom. The van der Waals surface area contributed by atoms with Crippen molar-refractivity contribution in [1.82, 2.24) is 10.2 Å². The maximum Gasteiger partial charge on any atom is 1.00 e. The first kappa shape index (κ1) is 13.7. The molecule has 1 saturated heterocycles. The van der Waals surface area contributed by atoms with Gasteiger partial charge in [0, 0.05) is 19.1 Å². The number of aromatic carboxylic acids is 1. The van der Waals surface area contributed by atoms with Crippen LogP contribution in [0, 0.1) is 0 Å². The summed E-state index contributed by atoms with van der Waals surface area (Å²) in [5, 5.41) is 18.6. The average Bonchev–Trinajstić information content (AvgIpc) is 2.68. The molecule has 1 aromatic rings. The van der Waals surface area contributed by atoms with Crippen LogP contribution in [-0.2, 0) is 4.74 Å². The molecule has 76 valence electrons. The van der Waals surface area contributed by atoms with E-state index in [2.05, 4.69) is 10.2 Å². The smallest absolute Gasteiger partial charge is 0.542 e. The number of carboxylic acid groups (broad SMARTS) is 1. The normalized spacial score (nSPS) is 17.1. The van der Waals surface area contributed by atoms with Gasteiger partial charge in [-0.15, -0.1) is 10.2 Å². The zero-order valence-electron chi connectivity index (χ0n) is 8.43. The van der Waals surface area contributed by atoms with Crippen molar-refractivity contribution in [2.45, 2.75) is 18.8 Å². The van der Waals surface area contributed by atoms with Crippen molar-refractivity contribution in [2.24, 2.45) is 0 Å². The molecule has 0 spiro atoms. The molecule has 0 saturated carbocycles. The van der Waals surface area contributed by atoms with E-state index in [0.717, 1.165) is 29.2 Å². The molecule has 0 unspecified atom stereocenters. The third kappa shape index (κ3) is 3.55. The molecule has 15 heavy (non-hydrogen) atoms. The standard InChI is InChI=1S/C8H10N2O3S.K/c11-8(12)7-10-9-6(14-7)5-1-3-13-4-2-5;/h5H,1-4H2,(H,11,12);/q;+1/p-1. The van der Waals surface area contributed by atoms with Gasteiger partial charge in [0.1, 0.15) is 11.0 Å². The van der Waals surface area contributed by atoms with Crippen LogP contribution >= 0.6 is 11.3 Å².